The van der Waals surface area contributed by atoms with Crippen LogP contribution < -0.4 is 10.5 Å². The van der Waals surface area contributed by atoms with E-state index in [9.17, 15) is 18.0 Å². The van der Waals surface area contributed by atoms with Gasteiger partial charge in [-0.1, -0.05) is 17.3 Å². The van der Waals surface area contributed by atoms with Gasteiger partial charge in [-0.3, -0.25) is 4.79 Å². The quantitative estimate of drug-likeness (QED) is 0.846. The molecule has 21 heavy (non-hydrogen) atoms. The van der Waals surface area contributed by atoms with Gasteiger partial charge in [0.15, 0.2) is 5.78 Å². The summed E-state index contributed by atoms with van der Waals surface area (Å²) in [5.41, 5.74) is 5.96. The van der Waals surface area contributed by atoms with Crippen LogP contribution in [0.2, 0.25) is 0 Å². The SMILES string of the molecule is NCc1cn(CC(=O)c2cccc(OC(F)(F)F)c2)nn1. The second-order valence-corrected chi connectivity index (χ2v) is 4.11. The highest BCUT2D eigenvalue weighted by atomic mass is 19.4. The largest absolute Gasteiger partial charge is 0.573 e. The van der Waals surface area contributed by atoms with Crippen LogP contribution in [0, 0.1) is 0 Å². The lowest BCUT2D eigenvalue weighted by Crippen LogP contribution is -2.17. The van der Waals surface area contributed by atoms with Gasteiger partial charge in [0.05, 0.1) is 11.9 Å². The molecule has 0 amide bonds. The third-order valence-electron chi connectivity index (χ3n) is 2.49. The monoisotopic (exact) mass is 300 g/mol. The molecule has 2 aromatic rings. The highest BCUT2D eigenvalue weighted by molar-refractivity contribution is 5.96. The van der Waals surface area contributed by atoms with E-state index in [1.807, 2.05) is 0 Å². The molecule has 0 saturated heterocycles. The molecule has 0 aliphatic rings. The third-order valence-corrected chi connectivity index (χ3v) is 2.49. The average Bonchev–Trinajstić information content (AvgIpc) is 2.84. The Labute approximate surface area is 117 Å². The molecule has 0 radical (unpaired) electrons. The number of ether oxygens (including phenoxy) is 1. The lowest BCUT2D eigenvalue weighted by Gasteiger charge is -2.09. The number of hydrogen-bond acceptors (Lipinski definition) is 5. The summed E-state index contributed by atoms with van der Waals surface area (Å²) in [5.74, 6) is -0.870. The second kappa shape index (κ2) is 5.92. The van der Waals surface area contributed by atoms with E-state index >= 15 is 0 Å². The van der Waals surface area contributed by atoms with E-state index in [4.69, 9.17) is 5.73 Å². The zero-order chi connectivity index (χ0) is 15.5. The first-order valence-electron chi connectivity index (χ1n) is 5.85. The molecule has 0 aliphatic carbocycles. The molecule has 6 nitrogen and oxygen atoms in total. The first kappa shape index (κ1) is 15.0. The van der Waals surface area contributed by atoms with Gasteiger partial charge in [-0.05, 0) is 12.1 Å². The van der Waals surface area contributed by atoms with E-state index < -0.39 is 17.9 Å². The molecule has 112 valence electrons. The average molecular weight is 300 g/mol. The number of carbonyl (C=O) groups is 1. The maximum atomic E-state index is 12.1. The van der Waals surface area contributed by atoms with E-state index in [0.29, 0.717) is 5.69 Å². The lowest BCUT2D eigenvalue weighted by atomic mass is 10.1. The molecule has 2 N–H and O–H groups in total. The van der Waals surface area contributed by atoms with E-state index in [1.54, 1.807) is 0 Å². The van der Waals surface area contributed by atoms with Crippen LogP contribution in [-0.2, 0) is 13.1 Å². The second-order valence-electron chi connectivity index (χ2n) is 4.11. The molecule has 0 bridgehead atoms. The summed E-state index contributed by atoms with van der Waals surface area (Å²) < 4.78 is 41.4. The third kappa shape index (κ3) is 4.28. The Hall–Kier alpha value is -2.42. The van der Waals surface area contributed by atoms with Gasteiger partial charge in [-0.25, -0.2) is 4.68 Å². The fraction of sp³-hybridized carbons (Fsp3) is 0.250. The number of ketones is 1. The number of benzene rings is 1. The van der Waals surface area contributed by atoms with Crippen molar-refractivity contribution in [2.75, 3.05) is 0 Å². The fourth-order valence-corrected chi connectivity index (χ4v) is 1.61. The molecular weight excluding hydrogens is 289 g/mol. The van der Waals surface area contributed by atoms with Gasteiger partial charge < -0.3 is 10.5 Å². The first-order chi connectivity index (χ1) is 9.87. The molecule has 0 spiro atoms. The number of carbonyl (C=O) groups excluding carboxylic acids is 1. The number of nitrogens with zero attached hydrogens (tertiary/aromatic N) is 3. The van der Waals surface area contributed by atoms with E-state index in [2.05, 4.69) is 15.0 Å². The molecule has 1 heterocycles. The zero-order valence-electron chi connectivity index (χ0n) is 10.7. The van der Waals surface area contributed by atoms with Crippen molar-refractivity contribution in [3.8, 4) is 5.75 Å². The minimum atomic E-state index is -4.80. The summed E-state index contributed by atoms with van der Waals surface area (Å²) in [7, 11) is 0. The summed E-state index contributed by atoms with van der Waals surface area (Å²) in [5, 5.41) is 7.40. The number of hydrogen-bond donors (Lipinski definition) is 1. The van der Waals surface area contributed by atoms with Crippen molar-refractivity contribution >= 4 is 5.78 Å². The summed E-state index contributed by atoms with van der Waals surface area (Å²) in [6.07, 6.45) is -3.31. The number of halogens is 3. The molecule has 9 heteroatoms. The van der Waals surface area contributed by atoms with Gasteiger partial charge in [-0.15, -0.1) is 18.3 Å². The van der Waals surface area contributed by atoms with Gasteiger partial charge in [-0.2, -0.15) is 0 Å². The van der Waals surface area contributed by atoms with Crippen LogP contribution >= 0.6 is 0 Å². The van der Waals surface area contributed by atoms with Crippen molar-refractivity contribution in [3.63, 3.8) is 0 Å². The smallest absolute Gasteiger partial charge is 0.406 e. The van der Waals surface area contributed by atoms with Crippen LogP contribution in [0.1, 0.15) is 16.1 Å². The first-order valence-corrected chi connectivity index (χ1v) is 5.85. The Morgan fingerprint density at radius 3 is 2.76 bits per heavy atom. The van der Waals surface area contributed by atoms with Crippen LogP contribution in [-0.4, -0.2) is 27.1 Å². The standard InChI is InChI=1S/C12H11F3N4O2/c13-12(14,15)21-10-3-1-2-8(4-10)11(20)7-19-6-9(5-16)17-18-19/h1-4,6H,5,7,16H2. The Morgan fingerprint density at radius 1 is 1.38 bits per heavy atom. The zero-order valence-corrected chi connectivity index (χ0v) is 10.7. The molecular formula is C12H11F3N4O2. The van der Waals surface area contributed by atoms with Crippen molar-refractivity contribution in [2.24, 2.45) is 5.73 Å². The fourth-order valence-electron chi connectivity index (χ4n) is 1.61. The Kier molecular flexibility index (Phi) is 4.22. The van der Waals surface area contributed by atoms with Crippen molar-refractivity contribution in [1.82, 2.24) is 15.0 Å². The maximum Gasteiger partial charge on any atom is 0.573 e. The van der Waals surface area contributed by atoms with Crippen molar-refractivity contribution < 1.29 is 22.7 Å². The summed E-state index contributed by atoms with van der Waals surface area (Å²) in [4.78, 5) is 12.0. The highest BCUT2D eigenvalue weighted by Gasteiger charge is 2.31. The summed E-state index contributed by atoms with van der Waals surface area (Å²) in [6.45, 7) is 0.0333. The number of nitrogens with two attached hydrogens (primary N) is 1. The van der Waals surface area contributed by atoms with Crippen molar-refractivity contribution in [3.05, 3.63) is 41.7 Å². The molecule has 0 fully saturated rings. The van der Waals surface area contributed by atoms with Gasteiger partial charge in [0.1, 0.15) is 12.3 Å². The van der Waals surface area contributed by atoms with Gasteiger partial charge in [0.2, 0.25) is 0 Å². The molecule has 0 unspecified atom stereocenters. The number of aromatic nitrogens is 3. The number of rotatable bonds is 5. The Morgan fingerprint density at radius 2 is 2.14 bits per heavy atom. The van der Waals surface area contributed by atoms with Crippen LogP contribution in [0.5, 0.6) is 5.75 Å². The van der Waals surface area contributed by atoms with E-state index in [0.717, 1.165) is 12.1 Å². The van der Waals surface area contributed by atoms with Gasteiger partial charge in [0.25, 0.3) is 0 Å². The summed E-state index contributed by atoms with van der Waals surface area (Å²) >= 11 is 0. The Balaban J connectivity index is 2.10. The number of Topliss-reactive ketones (excluding diaryl/α,β-unsaturated/α-hetero) is 1. The van der Waals surface area contributed by atoms with Crippen LogP contribution in [0.3, 0.4) is 0 Å². The molecule has 1 aromatic heterocycles. The minimum absolute atomic E-state index is 0.0848. The maximum absolute atomic E-state index is 12.1. The highest BCUT2D eigenvalue weighted by Crippen LogP contribution is 2.23. The van der Waals surface area contributed by atoms with Crippen LogP contribution in [0.4, 0.5) is 13.2 Å². The molecule has 2 rings (SSSR count). The predicted molar refractivity (Wildman–Crippen MR) is 65.4 cm³/mol. The minimum Gasteiger partial charge on any atom is -0.406 e. The van der Waals surface area contributed by atoms with Crippen molar-refractivity contribution in [2.45, 2.75) is 19.5 Å². The topological polar surface area (TPSA) is 83.0 Å². The molecule has 1 aromatic carbocycles. The van der Waals surface area contributed by atoms with Crippen LogP contribution in [0.15, 0.2) is 30.5 Å². The van der Waals surface area contributed by atoms with Crippen LogP contribution in [0.25, 0.3) is 0 Å². The van der Waals surface area contributed by atoms with Gasteiger partial charge in [0, 0.05) is 12.1 Å². The number of alkyl halides is 3. The predicted octanol–water partition coefficient (Wildman–Crippen LogP) is 1.52. The van der Waals surface area contributed by atoms with E-state index in [1.165, 1.54) is 23.0 Å². The van der Waals surface area contributed by atoms with E-state index in [-0.39, 0.29) is 18.7 Å². The Bertz CT molecular complexity index is 639. The molecule has 0 saturated carbocycles. The lowest BCUT2D eigenvalue weighted by molar-refractivity contribution is -0.274. The summed E-state index contributed by atoms with van der Waals surface area (Å²) in [6, 6.07) is 4.84. The molecule has 0 aliphatic heterocycles. The van der Waals surface area contributed by atoms with Crippen molar-refractivity contribution in [1.29, 1.82) is 0 Å². The van der Waals surface area contributed by atoms with Gasteiger partial charge >= 0.3 is 6.36 Å². The normalized spacial score (nSPS) is 11.4. The molecule has 0 atom stereocenters.